The molecular formula is C23H20O6. The number of ether oxygens (including phenoxy) is 2. The largest absolute Gasteiger partial charge is 0.497 e. The van der Waals surface area contributed by atoms with Gasteiger partial charge in [-0.15, -0.1) is 0 Å². The fourth-order valence-electron chi connectivity index (χ4n) is 2.73. The second-order valence-electron chi connectivity index (χ2n) is 6.44. The van der Waals surface area contributed by atoms with E-state index in [4.69, 9.17) is 13.9 Å². The SMILES string of the molecule is COc1ccc(C(=O)[C@H](C)OC(=O)c2ccc(-c3ccc(C(C)=O)cc3)o2)cc1. The smallest absolute Gasteiger partial charge is 0.374 e. The average Bonchev–Trinajstić information content (AvgIpc) is 3.23. The number of esters is 1. The first-order valence-electron chi connectivity index (χ1n) is 8.99. The molecule has 0 saturated carbocycles. The van der Waals surface area contributed by atoms with Gasteiger partial charge in [0.15, 0.2) is 11.9 Å². The van der Waals surface area contributed by atoms with Crippen LogP contribution in [-0.4, -0.2) is 30.7 Å². The molecule has 3 rings (SSSR count). The number of hydrogen-bond donors (Lipinski definition) is 0. The molecule has 0 aliphatic carbocycles. The quantitative estimate of drug-likeness (QED) is 0.432. The number of benzene rings is 2. The van der Waals surface area contributed by atoms with Gasteiger partial charge in [0.2, 0.25) is 11.5 Å². The summed E-state index contributed by atoms with van der Waals surface area (Å²) in [5.74, 6) is -0.00814. The lowest BCUT2D eigenvalue weighted by molar-refractivity contribution is 0.0290. The molecule has 0 amide bonds. The summed E-state index contributed by atoms with van der Waals surface area (Å²) in [5, 5.41) is 0. The molecule has 0 fully saturated rings. The van der Waals surface area contributed by atoms with Gasteiger partial charge in [0.25, 0.3) is 0 Å². The van der Waals surface area contributed by atoms with Crippen molar-refractivity contribution in [1.82, 2.24) is 0 Å². The summed E-state index contributed by atoms with van der Waals surface area (Å²) in [4.78, 5) is 36.2. The number of methoxy groups -OCH3 is 1. The summed E-state index contributed by atoms with van der Waals surface area (Å²) < 4.78 is 15.9. The van der Waals surface area contributed by atoms with E-state index < -0.39 is 12.1 Å². The van der Waals surface area contributed by atoms with Crippen molar-refractivity contribution in [2.75, 3.05) is 7.11 Å². The minimum atomic E-state index is -0.973. The molecule has 0 unspecified atom stereocenters. The molecule has 1 aromatic heterocycles. The molecule has 2 aromatic carbocycles. The highest BCUT2D eigenvalue weighted by molar-refractivity contribution is 6.01. The Morgan fingerprint density at radius 3 is 2.07 bits per heavy atom. The lowest BCUT2D eigenvalue weighted by Gasteiger charge is -2.11. The monoisotopic (exact) mass is 392 g/mol. The van der Waals surface area contributed by atoms with E-state index in [1.807, 2.05) is 0 Å². The van der Waals surface area contributed by atoms with Gasteiger partial charge >= 0.3 is 5.97 Å². The standard InChI is InChI=1S/C23H20O6/c1-14(24)16-4-6-17(7-5-16)20-12-13-21(29-20)23(26)28-15(2)22(25)18-8-10-19(27-3)11-9-18/h4-13,15H,1-3H3/t15-/m0/s1. The van der Waals surface area contributed by atoms with Crippen molar-refractivity contribution in [2.45, 2.75) is 20.0 Å². The predicted octanol–water partition coefficient (Wildman–Crippen LogP) is 4.59. The zero-order valence-corrected chi connectivity index (χ0v) is 16.3. The van der Waals surface area contributed by atoms with Gasteiger partial charge in [0.1, 0.15) is 11.5 Å². The number of ketones is 2. The van der Waals surface area contributed by atoms with Gasteiger partial charge in [-0.05, 0) is 50.2 Å². The van der Waals surface area contributed by atoms with E-state index in [1.54, 1.807) is 54.6 Å². The molecule has 148 valence electrons. The first-order valence-corrected chi connectivity index (χ1v) is 8.99. The summed E-state index contributed by atoms with van der Waals surface area (Å²) in [7, 11) is 1.54. The molecule has 0 spiro atoms. The van der Waals surface area contributed by atoms with Crippen molar-refractivity contribution >= 4 is 17.5 Å². The van der Waals surface area contributed by atoms with Crippen LogP contribution in [0, 0.1) is 0 Å². The Morgan fingerprint density at radius 1 is 0.862 bits per heavy atom. The molecule has 3 aromatic rings. The van der Waals surface area contributed by atoms with E-state index in [0.29, 0.717) is 22.6 Å². The normalized spacial score (nSPS) is 11.6. The lowest BCUT2D eigenvalue weighted by atomic mass is 10.1. The van der Waals surface area contributed by atoms with E-state index >= 15 is 0 Å². The van der Waals surface area contributed by atoms with Crippen LogP contribution >= 0.6 is 0 Å². The summed E-state index contributed by atoms with van der Waals surface area (Å²) >= 11 is 0. The van der Waals surface area contributed by atoms with Crippen LogP contribution in [0.4, 0.5) is 0 Å². The van der Waals surface area contributed by atoms with Crippen molar-refractivity contribution < 1.29 is 28.3 Å². The van der Waals surface area contributed by atoms with Gasteiger partial charge in [0, 0.05) is 16.7 Å². The third-order valence-electron chi connectivity index (χ3n) is 4.41. The highest BCUT2D eigenvalue weighted by Gasteiger charge is 2.22. The maximum absolute atomic E-state index is 12.4. The van der Waals surface area contributed by atoms with Gasteiger partial charge in [-0.25, -0.2) is 4.79 Å². The number of carbonyl (C=O) groups is 3. The summed E-state index contributed by atoms with van der Waals surface area (Å²) in [6.45, 7) is 3.00. The maximum Gasteiger partial charge on any atom is 0.374 e. The Kier molecular flexibility index (Phi) is 5.93. The second kappa shape index (κ2) is 8.56. The zero-order valence-electron chi connectivity index (χ0n) is 16.3. The van der Waals surface area contributed by atoms with Gasteiger partial charge < -0.3 is 13.9 Å². The van der Waals surface area contributed by atoms with Crippen molar-refractivity contribution in [1.29, 1.82) is 0 Å². The third-order valence-corrected chi connectivity index (χ3v) is 4.41. The summed E-state index contributed by atoms with van der Waals surface area (Å²) in [5.41, 5.74) is 1.72. The molecule has 6 nitrogen and oxygen atoms in total. The Labute approximate surface area is 168 Å². The van der Waals surface area contributed by atoms with Crippen LogP contribution in [0.15, 0.2) is 65.1 Å². The minimum absolute atomic E-state index is 0.00924. The number of hydrogen-bond acceptors (Lipinski definition) is 6. The fraction of sp³-hybridized carbons (Fsp3) is 0.174. The molecule has 6 heteroatoms. The zero-order chi connectivity index (χ0) is 21.0. The van der Waals surface area contributed by atoms with E-state index in [2.05, 4.69) is 0 Å². The first-order chi connectivity index (χ1) is 13.9. The Morgan fingerprint density at radius 2 is 1.48 bits per heavy atom. The maximum atomic E-state index is 12.4. The molecule has 0 radical (unpaired) electrons. The molecule has 0 saturated heterocycles. The van der Waals surface area contributed by atoms with Crippen LogP contribution in [0.5, 0.6) is 5.75 Å². The average molecular weight is 392 g/mol. The Bertz CT molecular complexity index is 1030. The van der Waals surface area contributed by atoms with Crippen molar-refractivity contribution in [3.8, 4) is 17.1 Å². The van der Waals surface area contributed by atoms with Crippen molar-refractivity contribution in [3.05, 3.63) is 77.6 Å². The topological polar surface area (TPSA) is 82.8 Å². The van der Waals surface area contributed by atoms with Gasteiger partial charge in [-0.3, -0.25) is 9.59 Å². The van der Waals surface area contributed by atoms with Crippen LogP contribution in [0.3, 0.4) is 0 Å². The summed E-state index contributed by atoms with van der Waals surface area (Å²) in [6, 6.07) is 16.5. The molecule has 0 aliphatic heterocycles. The molecule has 0 bridgehead atoms. The number of carbonyl (C=O) groups excluding carboxylic acids is 3. The number of Topliss-reactive ketones (excluding diaryl/α,β-unsaturated/α-hetero) is 2. The van der Waals surface area contributed by atoms with Crippen LogP contribution in [0.1, 0.15) is 45.1 Å². The minimum Gasteiger partial charge on any atom is -0.497 e. The lowest BCUT2D eigenvalue weighted by Crippen LogP contribution is -2.24. The van der Waals surface area contributed by atoms with Crippen LogP contribution in [0.25, 0.3) is 11.3 Å². The highest BCUT2D eigenvalue weighted by atomic mass is 16.6. The van der Waals surface area contributed by atoms with E-state index in [1.165, 1.54) is 27.0 Å². The van der Waals surface area contributed by atoms with Gasteiger partial charge in [-0.2, -0.15) is 0 Å². The number of furan rings is 1. The van der Waals surface area contributed by atoms with Crippen molar-refractivity contribution in [2.24, 2.45) is 0 Å². The van der Waals surface area contributed by atoms with Crippen LogP contribution < -0.4 is 4.74 Å². The third kappa shape index (κ3) is 4.60. The molecular weight excluding hydrogens is 372 g/mol. The highest BCUT2D eigenvalue weighted by Crippen LogP contribution is 2.24. The van der Waals surface area contributed by atoms with Crippen LogP contribution in [-0.2, 0) is 4.74 Å². The predicted molar refractivity (Wildman–Crippen MR) is 106 cm³/mol. The Balaban J connectivity index is 1.67. The van der Waals surface area contributed by atoms with E-state index in [9.17, 15) is 14.4 Å². The van der Waals surface area contributed by atoms with Gasteiger partial charge in [0.05, 0.1) is 7.11 Å². The molecule has 1 heterocycles. The molecule has 0 aliphatic rings. The molecule has 0 N–H and O–H groups in total. The van der Waals surface area contributed by atoms with Gasteiger partial charge in [-0.1, -0.05) is 24.3 Å². The number of rotatable bonds is 7. The van der Waals surface area contributed by atoms with Crippen LogP contribution in [0.2, 0.25) is 0 Å². The Hall–Kier alpha value is -3.67. The fourth-order valence-corrected chi connectivity index (χ4v) is 2.73. The molecule has 1 atom stereocenters. The van der Waals surface area contributed by atoms with Crippen molar-refractivity contribution in [3.63, 3.8) is 0 Å². The molecule has 29 heavy (non-hydrogen) atoms. The first kappa shape index (κ1) is 20.1. The van der Waals surface area contributed by atoms with E-state index in [-0.39, 0.29) is 17.3 Å². The van der Waals surface area contributed by atoms with E-state index in [0.717, 1.165) is 5.56 Å². The summed E-state index contributed by atoms with van der Waals surface area (Å²) in [6.07, 6.45) is -0.973. The second-order valence-corrected chi connectivity index (χ2v) is 6.44.